The number of nitrogens with zero attached hydrogens (tertiary/aromatic N) is 8. The molecule has 2 aliphatic heterocycles. The highest BCUT2D eigenvalue weighted by Gasteiger charge is 2.53. The number of hydrazine groups is 1. The van der Waals surface area contributed by atoms with Crippen LogP contribution in [0.25, 0.3) is 0 Å². The molecule has 0 radical (unpaired) electrons. The van der Waals surface area contributed by atoms with E-state index in [9.17, 15) is 25.3 Å². The fraction of sp³-hybridized carbons (Fsp3) is 0.529. The third-order valence-corrected chi connectivity index (χ3v) is 9.30. The van der Waals surface area contributed by atoms with Crippen molar-refractivity contribution >= 4 is 34.9 Å². The Kier molecular flexibility index (Phi) is 10.6. The summed E-state index contributed by atoms with van der Waals surface area (Å²) >= 11 is 6.18. The Labute approximate surface area is 287 Å². The molecule has 2 heterocycles. The van der Waals surface area contributed by atoms with Crippen LogP contribution in [0, 0.1) is 28.7 Å². The Balaban J connectivity index is 2.06. The van der Waals surface area contributed by atoms with E-state index in [0.717, 1.165) is 0 Å². The monoisotopic (exact) mass is 680 g/mol. The zero-order chi connectivity index (χ0) is 35.7. The molecular formula is C34H46ClFN10O2. The smallest absolute Gasteiger partial charge is 0.232 e. The van der Waals surface area contributed by atoms with Crippen LogP contribution in [0.15, 0.2) is 58.5 Å². The molecule has 14 heteroatoms. The van der Waals surface area contributed by atoms with Gasteiger partial charge in [-0.3, -0.25) is 10.6 Å². The Morgan fingerprint density at radius 3 is 1.33 bits per heavy atom. The van der Waals surface area contributed by atoms with Crippen molar-refractivity contribution in [2.75, 3.05) is 0 Å². The highest BCUT2D eigenvalue weighted by molar-refractivity contribution is 6.30. The average molecular weight is 681 g/mol. The minimum Gasteiger partial charge on any atom is -0.313 e. The zero-order valence-corrected chi connectivity index (χ0v) is 29.6. The fourth-order valence-corrected chi connectivity index (χ4v) is 7.46. The summed E-state index contributed by atoms with van der Waals surface area (Å²) in [4.78, 5) is 9.73. The summed E-state index contributed by atoms with van der Waals surface area (Å²) in [6.45, 7) is 15.5. The van der Waals surface area contributed by atoms with E-state index in [1.807, 2.05) is 77.8 Å². The van der Waals surface area contributed by atoms with Gasteiger partial charge in [-0.1, -0.05) is 11.6 Å². The maximum Gasteiger partial charge on any atom is 0.232 e. The van der Waals surface area contributed by atoms with Crippen LogP contribution in [0.2, 0.25) is 5.02 Å². The maximum absolute atomic E-state index is 13.9. The van der Waals surface area contributed by atoms with Crippen molar-refractivity contribution in [3.8, 4) is 12.4 Å². The topological polar surface area (TPSA) is 150 Å². The number of hydroxylamine groups is 4. The van der Waals surface area contributed by atoms with Gasteiger partial charge in [0.1, 0.15) is 5.82 Å². The standard InChI is InChI=1S/C34H46ClFN10O2/c1-31(2)17-27(18-32(3,4)45(31)47)43(29(39-21-37)41-25-13-9-23(35)10-14-25)44(28-19-33(5,6)46(48)34(7,8)20-28)30(40-22-38)42-26-15-11-24(36)12-16-26/h9-16,27-28,47-48H,17-20H2,1-8H3,(H,39,41)(H,40,42). The third-order valence-electron chi connectivity index (χ3n) is 9.05. The van der Waals surface area contributed by atoms with E-state index in [1.165, 1.54) is 34.4 Å². The van der Waals surface area contributed by atoms with Crippen LogP contribution in [-0.4, -0.2) is 76.7 Å². The summed E-state index contributed by atoms with van der Waals surface area (Å²) in [5.41, 5.74) is -2.01. The van der Waals surface area contributed by atoms with E-state index in [-0.39, 0.29) is 11.9 Å². The lowest BCUT2D eigenvalue weighted by Crippen LogP contribution is -2.72. The van der Waals surface area contributed by atoms with Gasteiger partial charge in [-0.05, 0) is 130 Å². The van der Waals surface area contributed by atoms with Gasteiger partial charge in [0.05, 0.1) is 23.5 Å². The first kappa shape index (κ1) is 36.8. The molecule has 0 spiro atoms. The Bertz CT molecular complexity index is 1440. The second-order valence-corrected chi connectivity index (χ2v) is 15.4. The molecule has 2 aromatic carbocycles. The van der Waals surface area contributed by atoms with E-state index in [1.54, 1.807) is 24.3 Å². The van der Waals surface area contributed by atoms with Gasteiger partial charge in [0, 0.05) is 27.2 Å². The second kappa shape index (κ2) is 13.9. The van der Waals surface area contributed by atoms with Gasteiger partial charge >= 0.3 is 0 Å². The molecule has 0 aromatic heterocycles. The largest absolute Gasteiger partial charge is 0.313 e. The highest BCUT2D eigenvalue weighted by Crippen LogP contribution is 2.43. The molecule has 0 amide bonds. The van der Waals surface area contributed by atoms with Crippen LogP contribution in [0.5, 0.6) is 0 Å². The number of halogens is 2. The van der Waals surface area contributed by atoms with E-state index >= 15 is 0 Å². The molecule has 4 rings (SSSR count). The van der Waals surface area contributed by atoms with Crippen LogP contribution in [0.1, 0.15) is 81.1 Å². The predicted molar refractivity (Wildman–Crippen MR) is 183 cm³/mol. The Morgan fingerprint density at radius 2 is 1.02 bits per heavy atom. The average Bonchev–Trinajstić information content (AvgIpc) is 2.98. The number of rotatable bonds is 4. The fourth-order valence-electron chi connectivity index (χ4n) is 7.33. The van der Waals surface area contributed by atoms with Crippen LogP contribution >= 0.6 is 11.6 Å². The van der Waals surface area contributed by atoms with E-state index in [0.29, 0.717) is 42.1 Å². The molecule has 2 saturated heterocycles. The summed E-state index contributed by atoms with van der Waals surface area (Å²) in [7, 11) is 0. The molecule has 0 bridgehead atoms. The van der Waals surface area contributed by atoms with Gasteiger partial charge in [-0.2, -0.15) is 20.7 Å². The summed E-state index contributed by atoms with van der Waals surface area (Å²) in [6, 6.07) is 11.6. The number of hydrogen-bond acceptors (Lipinski definition) is 8. The molecule has 48 heavy (non-hydrogen) atoms. The number of hydrogen-bond donors (Lipinski definition) is 4. The normalized spacial score (nSPS) is 21.5. The lowest BCUT2D eigenvalue weighted by atomic mass is 9.77. The van der Waals surface area contributed by atoms with Crippen molar-refractivity contribution < 1.29 is 14.8 Å². The molecule has 0 unspecified atom stereocenters. The lowest BCUT2D eigenvalue weighted by Gasteiger charge is -2.58. The summed E-state index contributed by atoms with van der Waals surface area (Å²) in [5, 5.41) is 55.3. The van der Waals surface area contributed by atoms with Gasteiger partial charge in [-0.25, -0.2) is 24.4 Å². The minimum absolute atomic E-state index is 0.109. The first-order chi connectivity index (χ1) is 22.3. The Hall–Kier alpha value is -3.98. The van der Waals surface area contributed by atoms with Crippen molar-refractivity contribution in [3.63, 3.8) is 0 Å². The van der Waals surface area contributed by atoms with Crippen LogP contribution < -0.4 is 10.6 Å². The molecule has 0 saturated carbocycles. The van der Waals surface area contributed by atoms with Crippen molar-refractivity contribution in [2.45, 2.75) is 115 Å². The predicted octanol–water partition coefficient (Wildman–Crippen LogP) is 6.64. The zero-order valence-electron chi connectivity index (χ0n) is 28.8. The number of nitriles is 2. The number of guanidine groups is 2. The molecule has 2 aromatic rings. The van der Waals surface area contributed by atoms with Crippen LogP contribution in [0.4, 0.5) is 15.8 Å². The van der Waals surface area contributed by atoms with Crippen molar-refractivity contribution in [1.82, 2.24) is 30.8 Å². The van der Waals surface area contributed by atoms with Crippen LogP contribution in [-0.2, 0) is 0 Å². The van der Waals surface area contributed by atoms with Crippen molar-refractivity contribution in [1.29, 1.82) is 10.5 Å². The van der Waals surface area contributed by atoms with E-state index in [2.05, 4.69) is 10.6 Å². The minimum atomic E-state index is -0.729. The second-order valence-electron chi connectivity index (χ2n) is 15.0. The first-order valence-corrected chi connectivity index (χ1v) is 16.2. The van der Waals surface area contributed by atoms with Gasteiger partial charge in [0.25, 0.3) is 0 Å². The summed E-state index contributed by atoms with van der Waals surface area (Å²) < 4.78 is 13.9. The van der Waals surface area contributed by atoms with Gasteiger partial charge in [0.15, 0.2) is 12.4 Å². The lowest BCUT2D eigenvalue weighted by molar-refractivity contribution is -0.264. The van der Waals surface area contributed by atoms with Crippen molar-refractivity contribution in [3.05, 3.63) is 59.4 Å². The molecule has 2 aliphatic rings. The molecule has 0 atom stereocenters. The quantitative estimate of drug-likeness (QED) is 0.0910. The van der Waals surface area contributed by atoms with Gasteiger partial charge < -0.3 is 10.4 Å². The van der Waals surface area contributed by atoms with E-state index in [4.69, 9.17) is 21.6 Å². The SMILES string of the molecule is CC1(C)CC(N(C(=Nc2ccc(F)cc2)NC#N)N(C(=Nc2ccc(Cl)cc2)NC#N)C2CC(C)(C)N(O)C(C)(C)C2)CC(C)(C)N1O. The number of benzene rings is 2. The third kappa shape index (κ3) is 8.00. The molecule has 258 valence electrons. The van der Waals surface area contributed by atoms with E-state index < -0.39 is 40.1 Å². The number of aliphatic imine (C=N–C) groups is 2. The molecule has 4 N–H and O–H groups in total. The molecular weight excluding hydrogens is 635 g/mol. The summed E-state index contributed by atoms with van der Waals surface area (Å²) in [6.07, 6.45) is 5.71. The van der Waals surface area contributed by atoms with Gasteiger partial charge in [-0.15, -0.1) is 0 Å². The maximum atomic E-state index is 13.9. The van der Waals surface area contributed by atoms with Crippen LogP contribution in [0.3, 0.4) is 0 Å². The number of nitrogens with one attached hydrogen (secondary N) is 2. The molecule has 0 aliphatic carbocycles. The highest BCUT2D eigenvalue weighted by atomic mass is 35.5. The van der Waals surface area contributed by atoms with Crippen molar-refractivity contribution in [2.24, 2.45) is 9.98 Å². The Morgan fingerprint density at radius 1 is 0.708 bits per heavy atom. The molecule has 12 nitrogen and oxygen atoms in total. The first-order valence-electron chi connectivity index (χ1n) is 15.9. The number of piperidine rings is 2. The summed E-state index contributed by atoms with van der Waals surface area (Å²) in [5.74, 6) is -0.175. The van der Waals surface area contributed by atoms with Gasteiger partial charge in [0.2, 0.25) is 11.9 Å². The molecule has 2 fully saturated rings.